The van der Waals surface area contributed by atoms with Crippen LogP contribution in [0.25, 0.3) is 0 Å². The summed E-state index contributed by atoms with van der Waals surface area (Å²) >= 11 is 6.75. The molecule has 1 amide bonds. The number of carbonyl (C=O) groups excluding carboxylic acids is 2. The van der Waals surface area contributed by atoms with Gasteiger partial charge in [-0.15, -0.1) is 10.2 Å². The molecule has 0 saturated heterocycles. The van der Waals surface area contributed by atoms with Crippen LogP contribution >= 0.6 is 22.9 Å². The molecule has 0 saturated carbocycles. The van der Waals surface area contributed by atoms with Gasteiger partial charge in [-0.3, -0.25) is 14.8 Å². The Morgan fingerprint density at radius 1 is 1.13 bits per heavy atom. The standard InChI is InChI=1S/C19H17ClN4O5S2/c1-3-29-17(26)14-9-8-12(10-15(14)20)24-31(27,28)19-23-22-18(30-19)21-16(25)13-7-5-4-6-11(13)2/h4-10,24H,3H2,1-2H3,(H,21,22,25). The average Bonchev–Trinajstić information content (AvgIpc) is 3.17. The number of hydrogen-bond acceptors (Lipinski definition) is 8. The molecule has 2 aromatic carbocycles. The minimum Gasteiger partial charge on any atom is -0.462 e. The minimum absolute atomic E-state index is 0.0297. The maximum atomic E-state index is 12.6. The number of benzene rings is 2. The van der Waals surface area contributed by atoms with E-state index in [1.807, 2.05) is 0 Å². The quantitative estimate of drug-likeness (QED) is 0.389. The third-order valence-electron chi connectivity index (χ3n) is 3.96. The van der Waals surface area contributed by atoms with E-state index < -0.39 is 21.9 Å². The Balaban J connectivity index is 1.74. The molecule has 0 unspecified atom stereocenters. The first kappa shape index (κ1) is 22.7. The smallest absolute Gasteiger partial charge is 0.339 e. The van der Waals surface area contributed by atoms with Crippen molar-refractivity contribution in [3.8, 4) is 0 Å². The largest absolute Gasteiger partial charge is 0.462 e. The van der Waals surface area contributed by atoms with E-state index in [-0.39, 0.29) is 32.4 Å². The predicted octanol–water partition coefficient (Wildman–Crippen LogP) is 3.73. The zero-order chi connectivity index (χ0) is 22.6. The van der Waals surface area contributed by atoms with Crippen molar-refractivity contribution in [2.45, 2.75) is 18.2 Å². The van der Waals surface area contributed by atoms with Crippen molar-refractivity contribution in [1.29, 1.82) is 0 Å². The molecule has 0 aliphatic carbocycles. The van der Waals surface area contributed by atoms with Gasteiger partial charge >= 0.3 is 5.97 Å². The maximum Gasteiger partial charge on any atom is 0.339 e. The van der Waals surface area contributed by atoms with Gasteiger partial charge in [-0.25, -0.2) is 4.79 Å². The summed E-state index contributed by atoms with van der Waals surface area (Å²) in [5, 5.41) is 9.97. The molecule has 3 rings (SSSR count). The van der Waals surface area contributed by atoms with Crippen molar-refractivity contribution in [1.82, 2.24) is 10.2 Å². The van der Waals surface area contributed by atoms with Crippen LogP contribution in [0.5, 0.6) is 0 Å². The lowest BCUT2D eigenvalue weighted by molar-refractivity contribution is 0.0526. The van der Waals surface area contributed by atoms with Crippen LogP contribution in [0.15, 0.2) is 46.8 Å². The second-order valence-electron chi connectivity index (χ2n) is 6.16. The van der Waals surface area contributed by atoms with Crippen LogP contribution < -0.4 is 10.0 Å². The van der Waals surface area contributed by atoms with Crippen LogP contribution in [0, 0.1) is 6.92 Å². The van der Waals surface area contributed by atoms with Gasteiger partial charge in [-0.05, 0) is 43.7 Å². The summed E-state index contributed by atoms with van der Waals surface area (Å²) < 4.78 is 32.1. The molecular weight excluding hydrogens is 464 g/mol. The Bertz CT molecular complexity index is 1240. The Morgan fingerprint density at radius 2 is 1.87 bits per heavy atom. The fraction of sp³-hybridized carbons (Fsp3) is 0.158. The molecule has 12 heteroatoms. The fourth-order valence-electron chi connectivity index (χ4n) is 2.51. The van der Waals surface area contributed by atoms with Gasteiger partial charge in [-0.2, -0.15) is 8.42 Å². The first-order valence-corrected chi connectivity index (χ1v) is 11.6. The molecule has 0 fully saturated rings. The molecule has 9 nitrogen and oxygen atoms in total. The highest BCUT2D eigenvalue weighted by atomic mass is 35.5. The number of carbonyl (C=O) groups is 2. The Labute approximate surface area is 187 Å². The highest BCUT2D eigenvalue weighted by molar-refractivity contribution is 7.94. The van der Waals surface area contributed by atoms with Crippen molar-refractivity contribution in [2.24, 2.45) is 0 Å². The SMILES string of the molecule is CCOC(=O)c1ccc(NS(=O)(=O)c2nnc(NC(=O)c3ccccc3C)s2)cc1Cl. The summed E-state index contributed by atoms with van der Waals surface area (Å²) in [5.74, 6) is -1.03. The number of rotatable bonds is 7. The second kappa shape index (κ2) is 9.41. The molecule has 0 atom stereocenters. The lowest BCUT2D eigenvalue weighted by Crippen LogP contribution is -2.13. The van der Waals surface area contributed by atoms with E-state index in [1.165, 1.54) is 18.2 Å². The normalized spacial score (nSPS) is 11.1. The van der Waals surface area contributed by atoms with Crippen LogP contribution in [0.4, 0.5) is 10.8 Å². The van der Waals surface area contributed by atoms with Crippen molar-refractivity contribution in [3.63, 3.8) is 0 Å². The fourth-order valence-corrected chi connectivity index (χ4v) is 4.72. The summed E-state index contributed by atoms with van der Waals surface area (Å²) in [6.07, 6.45) is 0. The number of aromatic nitrogens is 2. The number of nitrogens with one attached hydrogen (secondary N) is 2. The molecule has 0 aliphatic rings. The van der Waals surface area contributed by atoms with Crippen molar-refractivity contribution in [3.05, 3.63) is 64.2 Å². The molecule has 0 spiro atoms. The summed E-state index contributed by atoms with van der Waals surface area (Å²) in [5.41, 5.74) is 1.45. The van der Waals surface area contributed by atoms with Crippen molar-refractivity contribution in [2.75, 3.05) is 16.6 Å². The van der Waals surface area contributed by atoms with Gasteiger partial charge in [0.05, 0.1) is 22.9 Å². The van der Waals surface area contributed by atoms with Gasteiger partial charge < -0.3 is 4.74 Å². The summed E-state index contributed by atoms with van der Waals surface area (Å²) in [6.45, 7) is 3.63. The number of esters is 1. The third-order valence-corrected chi connectivity index (χ3v) is 6.86. The maximum absolute atomic E-state index is 12.6. The summed E-state index contributed by atoms with van der Waals surface area (Å²) in [4.78, 5) is 24.2. The van der Waals surface area contributed by atoms with Gasteiger partial charge in [-0.1, -0.05) is 41.1 Å². The highest BCUT2D eigenvalue weighted by Crippen LogP contribution is 2.26. The van der Waals surface area contributed by atoms with Crippen LogP contribution in [-0.2, 0) is 14.8 Å². The molecule has 3 aromatic rings. The molecule has 31 heavy (non-hydrogen) atoms. The molecule has 0 bridgehead atoms. The lowest BCUT2D eigenvalue weighted by Gasteiger charge is -2.08. The topological polar surface area (TPSA) is 127 Å². The summed E-state index contributed by atoms with van der Waals surface area (Å²) in [7, 11) is -4.09. The first-order chi connectivity index (χ1) is 14.7. The Kier molecular flexibility index (Phi) is 6.88. The minimum atomic E-state index is -4.09. The summed E-state index contributed by atoms with van der Waals surface area (Å²) in [6, 6.07) is 11.0. The number of sulfonamides is 1. The number of ether oxygens (including phenoxy) is 1. The average molecular weight is 481 g/mol. The highest BCUT2D eigenvalue weighted by Gasteiger charge is 2.22. The van der Waals surface area contributed by atoms with Crippen molar-refractivity contribution >= 4 is 55.7 Å². The van der Waals surface area contributed by atoms with E-state index in [1.54, 1.807) is 38.1 Å². The molecule has 1 heterocycles. The Hall–Kier alpha value is -3.02. The third kappa shape index (κ3) is 5.37. The number of hydrogen-bond donors (Lipinski definition) is 2. The number of halogens is 1. The zero-order valence-corrected chi connectivity index (χ0v) is 18.8. The van der Waals surface area contributed by atoms with Gasteiger partial charge in [0.25, 0.3) is 20.3 Å². The number of nitrogens with zero attached hydrogens (tertiary/aromatic N) is 2. The van der Waals surface area contributed by atoms with E-state index >= 15 is 0 Å². The zero-order valence-electron chi connectivity index (χ0n) is 16.4. The van der Waals surface area contributed by atoms with Gasteiger partial charge in [0, 0.05) is 5.56 Å². The lowest BCUT2D eigenvalue weighted by atomic mass is 10.1. The molecule has 1 aromatic heterocycles. The van der Waals surface area contributed by atoms with Crippen molar-refractivity contribution < 1.29 is 22.7 Å². The van der Waals surface area contributed by atoms with Gasteiger partial charge in [0.15, 0.2) is 0 Å². The van der Waals surface area contributed by atoms with E-state index in [4.69, 9.17) is 16.3 Å². The first-order valence-electron chi connectivity index (χ1n) is 8.91. The van der Waals surface area contributed by atoms with E-state index in [0.717, 1.165) is 5.56 Å². The van der Waals surface area contributed by atoms with Gasteiger partial charge in [0.1, 0.15) is 0 Å². The molecular formula is C19H17ClN4O5S2. The second-order valence-corrected chi connectivity index (χ2v) is 9.40. The van der Waals surface area contributed by atoms with Crippen LogP contribution in [0.1, 0.15) is 33.2 Å². The molecule has 2 N–H and O–H groups in total. The van der Waals surface area contributed by atoms with E-state index in [0.29, 0.717) is 16.9 Å². The van der Waals surface area contributed by atoms with Crippen LogP contribution in [0.2, 0.25) is 5.02 Å². The Morgan fingerprint density at radius 3 is 2.55 bits per heavy atom. The van der Waals surface area contributed by atoms with E-state index in [9.17, 15) is 18.0 Å². The molecule has 162 valence electrons. The van der Waals surface area contributed by atoms with E-state index in [2.05, 4.69) is 20.2 Å². The van der Waals surface area contributed by atoms with Crippen LogP contribution in [0.3, 0.4) is 0 Å². The number of amides is 1. The molecule has 0 radical (unpaired) electrons. The predicted molar refractivity (Wildman–Crippen MR) is 117 cm³/mol. The number of anilines is 2. The van der Waals surface area contributed by atoms with Crippen LogP contribution in [-0.4, -0.2) is 37.1 Å². The molecule has 0 aliphatic heterocycles. The number of aryl methyl sites for hydroxylation is 1. The monoisotopic (exact) mass is 480 g/mol. The van der Waals surface area contributed by atoms with Gasteiger partial charge in [0.2, 0.25) is 5.13 Å².